The number of primary amides is 1. The van der Waals surface area contributed by atoms with Gasteiger partial charge in [0.15, 0.2) is 5.69 Å². The summed E-state index contributed by atoms with van der Waals surface area (Å²) in [6.07, 6.45) is -1.71. The van der Waals surface area contributed by atoms with Gasteiger partial charge in [0.25, 0.3) is 11.8 Å². The van der Waals surface area contributed by atoms with Crippen LogP contribution in [0.3, 0.4) is 0 Å². The highest BCUT2D eigenvalue weighted by atomic mass is 35.5. The normalized spacial score (nSPS) is 18.4. The van der Waals surface area contributed by atoms with Crippen LogP contribution in [0.2, 0.25) is 5.02 Å². The van der Waals surface area contributed by atoms with E-state index in [-0.39, 0.29) is 34.7 Å². The molecule has 3 rings (SSSR count). The molecule has 1 fully saturated rings. The smallest absolute Gasteiger partial charge is 0.377 e. The van der Waals surface area contributed by atoms with E-state index < -0.39 is 41.0 Å². The maximum atomic E-state index is 13.4. The Bertz CT molecular complexity index is 1160. The Morgan fingerprint density at radius 2 is 1.86 bits per heavy atom. The summed E-state index contributed by atoms with van der Waals surface area (Å²) in [7, 11) is 1.52. The third kappa shape index (κ3) is 6.80. The molecular weight excluding hydrogens is 515 g/mol. The van der Waals surface area contributed by atoms with Crippen LogP contribution < -0.4 is 11.1 Å². The zero-order chi connectivity index (χ0) is 27.5. The van der Waals surface area contributed by atoms with Gasteiger partial charge in [-0.25, -0.2) is 4.98 Å². The number of anilines is 1. The third-order valence-corrected chi connectivity index (χ3v) is 6.84. The predicted octanol–water partition coefficient (Wildman–Crippen LogP) is 4.25. The van der Waals surface area contributed by atoms with E-state index in [0.29, 0.717) is 25.7 Å². The summed E-state index contributed by atoms with van der Waals surface area (Å²) in [6.45, 7) is 3.81. The largest absolute Gasteiger partial charge is 0.416 e. The summed E-state index contributed by atoms with van der Waals surface area (Å²) in [6, 6.07) is 2.45. The topological polar surface area (TPSA) is 130 Å². The third-order valence-electron chi connectivity index (χ3n) is 6.51. The molecule has 13 heteroatoms. The van der Waals surface area contributed by atoms with Crippen LogP contribution in [0.15, 0.2) is 24.5 Å². The number of hydrogen-bond donors (Lipinski definition) is 3. The maximum absolute atomic E-state index is 13.4. The second-order valence-electron chi connectivity index (χ2n) is 9.57. The summed E-state index contributed by atoms with van der Waals surface area (Å²) in [5.41, 5.74) is 3.42. The predicted molar refractivity (Wildman–Crippen MR) is 130 cm³/mol. The molecule has 37 heavy (non-hydrogen) atoms. The van der Waals surface area contributed by atoms with Gasteiger partial charge in [-0.15, -0.1) is 0 Å². The molecule has 3 amide bonds. The SMILES string of the molecule is COC(C)(C)CN(C(=O)c1nc[nH]c1C(N)=O)[C@H]1CC[C@H](C(=O)Nc2cc(C(F)(F)F)ccc2Cl)CC1. The summed E-state index contributed by atoms with van der Waals surface area (Å²) in [5, 5.41) is 2.51. The molecule has 1 aliphatic carbocycles. The zero-order valence-electron chi connectivity index (χ0n) is 20.6. The number of aromatic nitrogens is 2. The fourth-order valence-electron chi connectivity index (χ4n) is 4.30. The van der Waals surface area contributed by atoms with E-state index in [9.17, 15) is 27.6 Å². The van der Waals surface area contributed by atoms with E-state index in [4.69, 9.17) is 22.1 Å². The number of nitrogens with zero attached hydrogens (tertiary/aromatic N) is 2. The first kappa shape index (κ1) is 28.5. The van der Waals surface area contributed by atoms with E-state index in [1.165, 1.54) is 13.4 Å². The van der Waals surface area contributed by atoms with Crippen molar-refractivity contribution in [3.8, 4) is 0 Å². The van der Waals surface area contributed by atoms with Crippen LogP contribution in [0.4, 0.5) is 18.9 Å². The van der Waals surface area contributed by atoms with Crippen molar-refractivity contribution in [2.75, 3.05) is 19.0 Å². The number of methoxy groups -OCH3 is 1. The Labute approximate surface area is 216 Å². The lowest BCUT2D eigenvalue weighted by molar-refractivity contribution is -0.137. The quantitative estimate of drug-likeness (QED) is 0.458. The van der Waals surface area contributed by atoms with Crippen molar-refractivity contribution in [1.29, 1.82) is 0 Å². The monoisotopic (exact) mass is 543 g/mol. The second kappa shape index (κ2) is 11.1. The first-order valence-electron chi connectivity index (χ1n) is 11.6. The number of ether oxygens (including phenoxy) is 1. The lowest BCUT2D eigenvalue weighted by Crippen LogP contribution is -2.50. The molecule has 0 saturated heterocycles. The van der Waals surface area contributed by atoms with Gasteiger partial charge in [0, 0.05) is 25.6 Å². The van der Waals surface area contributed by atoms with Crippen molar-refractivity contribution < 1.29 is 32.3 Å². The van der Waals surface area contributed by atoms with E-state index in [2.05, 4.69) is 15.3 Å². The molecule has 1 aliphatic rings. The van der Waals surface area contributed by atoms with Crippen LogP contribution >= 0.6 is 11.6 Å². The maximum Gasteiger partial charge on any atom is 0.416 e. The number of H-pyrrole nitrogens is 1. The molecule has 9 nitrogen and oxygen atoms in total. The van der Waals surface area contributed by atoms with Crippen molar-refractivity contribution in [2.24, 2.45) is 11.7 Å². The first-order valence-corrected chi connectivity index (χ1v) is 12.0. The number of benzene rings is 1. The van der Waals surface area contributed by atoms with Crippen LogP contribution in [0.5, 0.6) is 0 Å². The molecule has 0 spiro atoms. The Hall–Kier alpha value is -3.12. The van der Waals surface area contributed by atoms with Gasteiger partial charge in [0.2, 0.25) is 5.91 Å². The number of amides is 3. The number of rotatable bonds is 8. The molecule has 0 atom stereocenters. The van der Waals surface area contributed by atoms with Crippen LogP contribution in [0.1, 0.15) is 66.1 Å². The lowest BCUT2D eigenvalue weighted by atomic mass is 9.84. The molecule has 202 valence electrons. The van der Waals surface area contributed by atoms with Gasteiger partial charge in [-0.3, -0.25) is 14.4 Å². The van der Waals surface area contributed by atoms with Crippen molar-refractivity contribution >= 4 is 35.0 Å². The number of nitrogens with one attached hydrogen (secondary N) is 2. The number of aromatic amines is 1. The van der Waals surface area contributed by atoms with Gasteiger partial charge in [-0.1, -0.05) is 11.6 Å². The highest BCUT2D eigenvalue weighted by Crippen LogP contribution is 2.35. The minimum absolute atomic E-state index is 0.00198. The highest BCUT2D eigenvalue weighted by Gasteiger charge is 2.37. The fraction of sp³-hybridized carbons (Fsp3) is 0.500. The lowest BCUT2D eigenvalue weighted by Gasteiger charge is -2.40. The fourth-order valence-corrected chi connectivity index (χ4v) is 4.47. The number of carbonyl (C=O) groups excluding carboxylic acids is 3. The van der Waals surface area contributed by atoms with E-state index >= 15 is 0 Å². The number of nitrogens with two attached hydrogens (primary N) is 1. The number of alkyl halides is 3. The number of imidazole rings is 1. The van der Waals surface area contributed by atoms with Gasteiger partial charge in [-0.2, -0.15) is 13.2 Å². The molecule has 2 aromatic rings. The molecule has 0 bridgehead atoms. The first-order chi connectivity index (χ1) is 17.2. The zero-order valence-corrected chi connectivity index (χ0v) is 21.4. The average molecular weight is 544 g/mol. The molecule has 1 aromatic carbocycles. The number of carbonyl (C=O) groups is 3. The summed E-state index contributed by atoms with van der Waals surface area (Å²) < 4.78 is 44.7. The van der Waals surface area contributed by atoms with Crippen LogP contribution in [0, 0.1) is 5.92 Å². The summed E-state index contributed by atoms with van der Waals surface area (Å²) in [4.78, 5) is 46.2. The van der Waals surface area contributed by atoms with Gasteiger partial charge >= 0.3 is 6.18 Å². The number of hydrogen-bond acceptors (Lipinski definition) is 5. The van der Waals surface area contributed by atoms with Gasteiger partial charge in [-0.05, 0) is 57.7 Å². The second-order valence-corrected chi connectivity index (χ2v) is 9.98. The minimum atomic E-state index is -4.57. The number of halogens is 4. The van der Waals surface area contributed by atoms with Gasteiger partial charge in [0.1, 0.15) is 5.69 Å². The average Bonchev–Trinajstić information content (AvgIpc) is 3.33. The minimum Gasteiger partial charge on any atom is -0.377 e. The van der Waals surface area contributed by atoms with Crippen LogP contribution in [-0.4, -0.2) is 57.9 Å². The van der Waals surface area contributed by atoms with Crippen molar-refractivity contribution in [3.05, 3.63) is 46.5 Å². The summed E-state index contributed by atoms with van der Waals surface area (Å²) in [5.74, 6) is -2.25. The van der Waals surface area contributed by atoms with Crippen LogP contribution in [-0.2, 0) is 15.7 Å². The molecule has 0 unspecified atom stereocenters. The molecule has 1 aromatic heterocycles. The standard InChI is InChI=1S/C24H29ClF3N5O4/c1-23(2,37-3)11-33(22(36)19-18(20(29)34)30-12-31-19)15-7-4-13(5-8-15)21(35)32-17-10-14(24(26,27)28)6-9-16(17)25/h6,9-10,12-13,15H,4-5,7-8,11H2,1-3H3,(H2,29,34)(H,30,31)(H,32,35)/t13-,15-. The van der Waals surface area contributed by atoms with Crippen molar-refractivity contribution in [2.45, 2.75) is 57.3 Å². The summed E-state index contributed by atoms with van der Waals surface area (Å²) >= 11 is 6.01. The Morgan fingerprint density at radius 1 is 1.22 bits per heavy atom. The van der Waals surface area contributed by atoms with Crippen molar-refractivity contribution in [1.82, 2.24) is 14.9 Å². The molecular formula is C24H29ClF3N5O4. The Kier molecular flexibility index (Phi) is 8.53. The molecule has 4 N–H and O–H groups in total. The molecule has 1 heterocycles. The van der Waals surface area contributed by atoms with Crippen LogP contribution in [0.25, 0.3) is 0 Å². The highest BCUT2D eigenvalue weighted by molar-refractivity contribution is 6.33. The Morgan fingerprint density at radius 3 is 2.43 bits per heavy atom. The van der Waals surface area contributed by atoms with E-state index in [1.807, 2.05) is 13.8 Å². The molecule has 1 saturated carbocycles. The molecule has 0 radical (unpaired) electrons. The van der Waals surface area contributed by atoms with E-state index in [1.54, 1.807) is 4.90 Å². The van der Waals surface area contributed by atoms with Crippen molar-refractivity contribution in [3.63, 3.8) is 0 Å². The Balaban J connectivity index is 1.73. The van der Waals surface area contributed by atoms with E-state index in [0.717, 1.165) is 18.2 Å². The van der Waals surface area contributed by atoms with Gasteiger partial charge in [0.05, 0.1) is 28.2 Å². The van der Waals surface area contributed by atoms with Gasteiger partial charge < -0.3 is 25.7 Å². The molecule has 0 aliphatic heterocycles.